The fraction of sp³-hybridized carbons (Fsp3) is 0.364. The summed E-state index contributed by atoms with van der Waals surface area (Å²) in [7, 11) is 0. The molecule has 0 aliphatic heterocycles. The van der Waals surface area contributed by atoms with E-state index in [-0.39, 0.29) is 0 Å². The maximum atomic E-state index is 4.30. The number of rotatable bonds is 5. The van der Waals surface area contributed by atoms with Crippen LogP contribution in [0.2, 0.25) is 0 Å². The van der Waals surface area contributed by atoms with E-state index in [0.717, 1.165) is 27.7 Å². The average Bonchev–Trinajstić information content (AvgIpc) is 2.77. The summed E-state index contributed by atoms with van der Waals surface area (Å²) >= 11 is 5.17. The monoisotopic (exact) mass is 327 g/mol. The number of nitrogens with one attached hydrogen (secondary N) is 2. The third kappa shape index (κ3) is 3.17. The molecule has 0 bridgehead atoms. The van der Waals surface area contributed by atoms with Gasteiger partial charge in [-0.1, -0.05) is 0 Å². The van der Waals surface area contributed by atoms with E-state index in [1.165, 1.54) is 11.2 Å². The van der Waals surface area contributed by atoms with Crippen LogP contribution in [0.15, 0.2) is 17.0 Å². The van der Waals surface area contributed by atoms with Gasteiger partial charge < -0.3 is 10.6 Å². The Morgan fingerprint density at radius 1 is 1.22 bits per heavy atom. The van der Waals surface area contributed by atoms with Gasteiger partial charge in [-0.3, -0.25) is 0 Å². The Morgan fingerprint density at radius 2 is 1.94 bits per heavy atom. The topological polar surface area (TPSA) is 62.7 Å². The highest BCUT2D eigenvalue weighted by Crippen LogP contribution is 2.26. The Morgan fingerprint density at radius 3 is 2.56 bits per heavy atom. The van der Waals surface area contributed by atoms with Crippen LogP contribution in [0.3, 0.4) is 0 Å². The molecule has 0 saturated carbocycles. The van der Waals surface area contributed by atoms with E-state index >= 15 is 0 Å². The summed E-state index contributed by atoms with van der Waals surface area (Å²) < 4.78 is 0.847. The van der Waals surface area contributed by atoms with E-state index in [9.17, 15) is 0 Å². The van der Waals surface area contributed by atoms with Gasteiger partial charge in [0.15, 0.2) is 0 Å². The van der Waals surface area contributed by atoms with Crippen molar-refractivity contribution in [2.45, 2.75) is 20.4 Å². The lowest BCUT2D eigenvalue weighted by Gasteiger charge is -2.09. The van der Waals surface area contributed by atoms with Crippen LogP contribution in [0.1, 0.15) is 16.8 Å². The highest BCUT2D eigenvalue weighted by atomic mass is 79.9. The Bertz CT molecular complexity index is 528. The van der Waals surface area contributed by atoms with Crippen LogP contribution in [0, 0.1) is 6.92 Å². The Hall–Kier alpha value is -1.21. The molecule has 96 valence electrons. The van der Waals surface area contributed by atoms with Crippen LogP contribution >= 0.6 is 27.3 Å². The molecule has 7 heteroatoms. The lowest BCUT2D eigenvalue weighted by atomic mass is 10.5. The second kappa shape index (κ2) is 6.10. The van der Waals surface area contributed by atoms with Gasteiger partial charge in [-0.05, 0) is 29.8 Å². The van der Waals surface area contributed by atoms with Crippen molar-refractivity contribution in [1.29, 1.82) is 0 Å². The van der Waals surface area contributed by atoms with Crippen molar-refractivity contribution in [1.82, 2.24) is 15.0 Å². The van der Waals surface area contributed by atoms with E-state index in [2.05, 4.69) is 41.5 Å². The molecule has 2 heterocycles. The first-order chi connectivity index (χ1) is 8.70. The minimum atomic E-state index is 0.666. The Kier molecular flexibility index (Phi) is 4.48. The lowest BCUT2D eigenvalue weighted by molar-refractivity contribution is 1.04. The number of hydrogen-bond donors (Lipinski definition) is 2. The molecule has 0 spiro atoms. The van der Waals surface area contributed by atoms with E-state index < -0.39 is 0 Å². The number of thiazole rings is 1. The SMILES string of the molecule is CCNc1ncnc(NCc2ncc(C)s2)c1Br. The third-order valence-corrected chi connectivity index (χ3v) is 3.87. The lowest BCUT2D eigenvalue weighted by Crippen LogP contribution is -2.06. The van der Waals surface area contributed by atoms with Crippen molar-refractivity contribution in [3.8, 4) is 0 Å². The van der Waals surface area contributed by atoms with Gasteiger partial charge in [-0.15, -0.1) is 11.3 Å². The molecule has 0 unspecified atom stereocenters. The number of anilines is 2. The standard InChI is InChI=1S/C11H14BrN5S/c1-3-13-10-9(12)11(17-6-16-10)15-5-8-14-4-7(2)18-8/h4,6H,3,5H2,1-2H3,(H2,13,15,16,17). The molecule has 2 N–H and O–H groups in total. The summed E-state index contributed by atoms with van der Waals surface area (Å²) in [6.07, 6.45) is 3.42. The number of aryl methyl sites for hydroxylation is 1. The summed E-state index contributed by atoms with van der Waals surface area (Å²) in [4.78, 5) is 13.9. The molecule has 0 atom stereocenters. The van der Waals surface area contributed by atoms with Gasteiger partial charge in [-0.25, -0.2) is 15.0 Å². The van der Waals surface area contributed by atoms with Crippen molar-refractivity contribution in [3.63, 3.8) is 0 Å². The van der Waals surface area contributed by atoms with Gasteiger partial charge in [0.25, 0.3) is 0 Å². The molecule has 0 amide bonds. The molecule has 5 nitrogen and oxygen atoms in total. The molecule has 2 aromatic rings. The highest BCUT2D eigenvalue weighted by molar-refractivity contribution is 9.10. The molecule has 0 radical (unpaired) electrons. The first-order valence-corrected chi connectivity index (χ1v) is 7.21. The fourth-order valence-corrected chi connectivity index (χ4v) is 2.64. The minimum absolute atomic E-state index is 0.666. The normalized spacial score (nSPS) is 10.4. The number of nitrogens with zero attached hydrogens (tertiary/aromatic N) is 3. The molecule has 0 fully saturated rings. The zero-order valence-corrected chi connectivity index (χ0v) is 12.6. The second-order valence-corrected chi connectivity index (χ2v) is 5.75. The van der Waals surface area contributed by atoms with Crippen molar-refractivity contribution in [3.05, 3.63) is 26.9 Å². The summed E-state index contributed by atoms with van der Waals surface area (Å²) in [5.74, 6) is 1.57. The predicted octanol–water partition coefficient (Wildman–Crippen LogP) is 3.05. The molecule has 2 rings (SSSR count). The van der Waals surface area contributed by atoms with Gasteiger partial charge in [0.1, 0.15) is 27.4 Å². The molecule has 18 heavy (non-hydrogen) atoms. The largest absolute Gasteiger partial charge is 0.369 e. The molecular weight excluding hydrogens is 314 g/mol. The van der Waals surface area contributed by atoms with Crippen molar-refractivity contribution in [2.24, 2.45) is 0 Å². The van der Waals surface area contributed by atoms with Crippen LogP contribution in [0.4, 0.5) is 11.6 Å². The van der Waals surface area contributed by atoms with E-state index in [1.54, 1.807) is 11.3 Å². The number of aromatic nitrogens is 3. The Balaban J connectivity index is 2.07. The zero-order valence-electron chi connectivity index (χ0n) is 10.2. The van der Waals surface area contributed by atoms with Crippen LogP contribution in [0.25, 0.3) is 0 Å². The molecule has 0 aromatic carbocycles. The van der Waals surface area contributed by atoms with Gasteiger partial charge in [-0.2, -0.15) is 0 Å². The fourth-order valence-electron chi connectivity index (χ4n) is 1.43. The number of halogens is 1. The maximum absolute atomic E-state index is 4.30. The smallest absolute Gasteiger partial charge is 0.146 e. The zero-order chi connectivity index (χ0) is 13.0. The van der Waals surface area contributed by atoms with E-state index in [1.807, 2.05) is 20.0 Å². The van der Waals surface area contributed by atoms with Crippen LogP contribution < -0.4 is 10.6 Å². The minimum Gasteiger partial charge on any atom is -0.369 e. The third-order valence-electron chi connectivity index (χ3n) is 2.21. The van der Waals surface area contributed by atoms with E-state index in [0.29, 0.717) is 6.54 Å². The van der Waals surface area contributed by atoms with Crippen molar-refractivity contribution < 1.29 is 0 Å². The quantitative estimate of drug-likeness (QED) is 0.883. The van der Waals surface area contributed by atoms with Gasteiger partial charge in [0.05, 0.1) is 6.54 Å². The first kappa shape index (κ1) is 13.2. The summed E-state index contributed by atoms with van der Waals surface area (Å²) in [6.45, 7) is 5.56. The predicted molar refractivity (Wildman–Crippen MR) is 78.1 cm³/mol. The Labute approximate surface area is 118 Å². The summed E-state index contributed by atoms with van der Waals surface area (Å²) in [5, 5.41) is 7.46. The average molecular weight is 328 g/mol. The highest BCUT2D eigenvalue weighted by Gasteiger charge is 2.08. The molecule has 0 saturated heterocycles. The molecule has 0 aliphatic rings. The van der Waals surface area contributed by atoms with Crippen LogP contribution in [0.5, 0.6) is 0 Å². The van der Waals surface area contributed by atoms with Gasteiger partial charge >= 0.3 is 0 Å². The van der Waals surface area contributed by atoms with Crippen LogP contribution in [-0.4, -0.2) is 21.5 Å². The van der Waals surface area contributed by atoms with Crippen molar-refractivity contribution in [2.75, 3.05) is 17.2 Å². The van der Waals surface area contributed by atoms with E-state index in [4.69, 9.17) is 0 Å². The summed E-state index contributed by atoms with van der Waals surface area (Å²) in [5.41, 5.74) is 0. The van der Waals surface area contributed by atoms with Crippen molar-refractivity contribution >= 4 is 38.9 Å². The maximum Gasteiger partial charge on any atom is 0.146 e. The van der Waals surface area contributed by atoms with Crippen LogP contribution in [-0.2, 0) is 6.54 Å². The summed E-state index contributed by atoms with van der Waals surface area (Å²) in [6, 6.07) is 0. The molecular formula is C11H14BrN5S. The molecule has 2 aromatic heterocycles. The van der Waals surface area contributed by atoms with Gasteiger partial charge in [0.2, 0.25) is 0 Å². The van der Waals surface area contributed by atoms with Gasteiger partial charge in [0, 0.05) is 17.6 Å². The molecule has 0 aliphatic carbocycles. The first-order valence-electron chi connectivity index (χ1n) is 5.60. The number of hydrogen-bond acceptors (Lipinski definition) is 6. The second-order valence-electron chi connectivity index (χ2n) is 3.63.